The molecule has 19 heteroatoms. The van der Waals surface area contributed by atoms with Crippen molar-refractivity contribution in [2.75, 3.05) is 0 Å². The third kappa shape index (κ3) is 5.47. The third-order valence-electron chi connectivity index (χ3n) is 8.67. The van der Waals surface area contributed by atoms with Gasteiger partial charge in [-0.05, 0) is 70.8 Å². The van der Waals surface area contributed by atoms with Crippen LogP contribution >= 0.6 is 0 Å². The SMILES string of the molecule is O=C1OC(=O)c2cc(C(c3ccc(Oc4ccc(C(c5ccc6c(c5)C(=O)OC6=O)(C(F)(F)F)C(F)(F)F)cc4)cc3)(C(F)(F)F)C(F)(F)F)ccc21. The highest BCUT2D eigenvalue weighted by atomic mass is 19.4. The lowest BCUT2D eigenvalue weighted by Crippen LogP contribution is -2.54. The Labute approximate surface area is 286 Å². The Balaban J connectivity index is 1.38. The number of hydrogen-bond acceptors (Lipinski definition) is 7. The highest BCUT2D eigenvalue weighted by Gasteiger charge is 2.74. The van der Waals surface area contributed by atoms with Crippen molar-refractivity contribution in [2.45, 2.75) is 35.5 Å². The van der Waals surface area contributed by atoms with Crippen LogP contribution in [-0.4, -0.2) is 48.6 Å². The molecule has 7 nitrogen and oxygen atoms in total. The van der Waals surface area contributed by atoms with Crippen LogP contribution < -0.4 is 4.74 Å². The van der Waals surface area contributed by atoms with Crippen LogP contribution in [0.4, 0.5) is 52.7 Å². The standard InChI is InChI=1S/C34H14F12O7/c35-31(36,37)29(32(38,39)40,17-5-11-21-23(13-17)27(49)52-25(21)47)15-1-7-19(8-2-15)51-20-9-3-16(4-10-20)30(33(41,42)43,34(44,45)46)18-6-12-22-24(14-18)28(50)53-26(22)48/h1-14H. The van der Waals surface area contributed by atoms with Crippen LogP contribution in [0.1, 0.15) is 63.7 Å². The Hall–Kier alpha value is -5.88. The largest absolute Gasteiger partial charge is 0.457 e. The van der Waals surface area contributed by atoms with Crippen molar-refractivity contribution in [3.05, 3.63) is 129 Å². The Bertz CT molecular complexity index is 2000. The van der Waals surface area contributed by atoms with E-state index in [1.807, 2.05) is 0 Å². The van der Waals surface area contributed by atoms with Crippen LogP contribution in [0.15, 0.2) is 84.9 Å². The molecule has 0 aromatic heterocycles. The maximum atomic E-state index is 14.6. The second-order valence-corrected chi connectivity index (χ2v) is 11.5. The molecule has 53 heavy (non-hydrogen) atoms. The summed E-state index contributed by atoms with van der Waals surface area (Å²) in [7, 11) is 0. The monoisotopic (exact) mass is 762 g/mol. The van der Waals surface area contributed by atoms with E-state index in [0.717, 1.165) is 0 Å². The Morgan fingerprint density at radius 2 is 0.623 bits per heavy atom. The van der Waals surface area contributed by atoms with E-state index >= 15 is 0 Å². The molecule has 0 N–H and O–H groups in total. The minimum atomic E-state index is -6.12. The van der Waals surface area contributed by atoms with Gasteiger partial charge >= 0.3 is 48.6 Å². The summed E-state index contributed by atoms with van der Waals surface area (Å²) in [6.45, 7) is 0. The first-order valence-corrected chi connectivity index (χ1v) is 14.4. The molecule has 0 radical (unpaired) electrons. The number of esters is 4. The smallest absolute Gasteiger partial charge is 0.411 e. The fourth-order valence-corrected chi connectivity index (χ4v) is 6.28. The number of rotatable bonds is 6. The lowest BCUT2D eigenvalue weighted by atomic mass is 9.72. The first-order valence-electron chi connectivity index (χ1n) is 14.4. The van der Waals surface area contributed by atoms with Crippen molar-refractivity contribution in [1.82, 2.24) is 0 Å². The average Bonchev–Trinajstić information content (AvgIpc) is 3.48. The topological polar surface area (TPSA) is 96.0 Å². The van der Waals surface area contributed by atoms with Gasteiger partial charge in [-0.25, -0.2) is 19.2 Å². The lowest BCUT2D eigenvalue weighted by molar-refractivity contribution is -0.290. The second-order valence-electron chi connectivity index (χ2n) is 11.5. The van der Waals surface area contributed by atoms with Crippen LogP contribution in [0.25, 0.3) is 0 Å². The molecule has 2 aliphatic heterocycles. The Morgan fingerprint density at radius 1 is 0.358 bits per heavy atom. The number of ether oxygens (including phenoxy) is 3. The molecule has 0 spiro atoms. The summed E-state index contributed by atoms with van der Waals surface area (Å²) < 4.78 is 189. The zero-order valence-electron chi connectivity index (χ0n) is 25.5. The summed E-state index contributed by atoms with van der Waals surface area (Å²) in [4.78, 5) is 47.4. The van der Waals surface area contributed by atoms with Crippen molar-refractivity contribution >= 4 is 23.9 Å². The van der Waals surface area contributed by atoms with Gasteiger partial charge in [-0.3, -0.25) is 0 Å². The first-order chi connectivity index (χ1) is 24.4. The van der Waals surface area contributed by atoms with Gasteiger partial charge in [0.1, 0.15) is 11.5 Å². The molecule has 0 unspecified atom stereocenters. The van der Waals surface area contributed by atoms with Gasteiger partial charge in [0.2, 0.25) is 10.8 Å². The maximum absolute atomic E-state index is 14.6. The lowest BCUT2D eigenvalue weighted by Gasteiger charge is -2.38. The summed E-state index contributed by atoms with van der Waals surface area (Å²) >= 11 is 0. The van der Waals surface area contributed by atoms with Crippen molar-refractivity contribution in [3.8, 4) is 11.5 Å². The van der Waals surface area contributed by atoms with Gasteiger partial charge in [-0.15, -0.1) is 0 Å². The van der Waals surface area contributed by atoms with Gasteiger partial charge < -0.3 is 14.2 Å². The molecule has 4 aromatic rings. The van der Waals surface area contributed by atoms with Crippen LogP contribution in [0, 0.1) is 0 Å². The molecule has 6 rings (SSSR count). The molecule has 0 fully saturated rings. The molecular weight excluding hydrogens is 748 g/mol. The molecule has 0 amide bonds. The number of alkyl halides is 12. The molecule has 0 bridgehead atoms. The van der Waals surface area contributed by atoms with Gasteiger partial charge in [0.15, 0.2) is 0 Å². The van der Waals surface area contributed by atoms with E-state index in [4.69, 9.17) is 4.74 Å². The van der Waals surface area contributed by atoms with Crippen LogP contribution in [0.2, 0.25) is 0 Å². The zero-order valence-corrected chi connectivity index (χ0v) is 25.5. The van der Waals surface area contributed by atoms with Crippen LogP contribution in [-0.2, 0) is 20.3 Å². The quantitative estimate of drug-likeness (QED) is 0.110. The molecule has 0 atom stereocenters. The number of benzene rings is 4. The molecule has 0 saturated heterocycles. The van der Waals surface area contributed by atoms with Crippen LogP contribution in [0.3, 0.4) is 0 Å². The summed E-state index contributed by atoms with van der Waals surface area (Å²) in [6, 6.07) is 6.14. The molecule has 0 saturated carbocycles. The van der Waals surface area contributed by atoms with Gasteiger partial charge in [0.25, 0.3) is 0 Å². The number of hydrogen-bond donors (Lipinski definition) is 0. The molecule has 2 aliphatic rings. The number of carbonyl (C=O) groups is 4. The number of fused-ring (bicyclic) bond motifs is 2. The highest BCUT2D eigenvalue weighted by Crippen LogP contribution is 2.58. The average molecular weight is 762 g/mol. The Kier molecular flexibility index (Phi) is 8.23. The van der Waals surface area contributed by atoms with E-state index in [1.165, 1.54) is 0 Å². The number of cyclic esters (lactones) is 4. The summed E-state index contributed by atoms with van der Waals surface area (Å²) in [5, 5.41) is 0. The van der Waals surface area contributed by atoms with Crippen molar-refractivity contribution < 1.29 is 86.1 Å². The summed E-state index contributed by atoms with van der Waals surface area (Å²) in [5.74, 6) is -6.55. The number of halogens is 12. The van der Waals surface area contributed by atoms with Gasteiger partial charge in [0.05, 0.1) is 22.3 Å². The molecular formula is C34H14F12O7. The van der Waals surface area contributed by atoms with Gasteiger partial charge in [-0.2, -0.15) is 52.7 Å². The minimum absolute atomic E-state index is 0.228. The molecule has 4 aromatic carbocycles. The van der Waals surface area contributed by atoms with E-state index in [-0.39, 0.29) is 12.1 Å². The van der Waals surface area contributed by atoms with Gasteiger partial charge in [-0.1, -0.05) is 36.4 Å². The number of carbonyl (C=O) groups excluding carboxylic acids is 4. The predicted octanol–water partition coefficient (Wildman–Crippen LogP) is 8.92. The first kappa shape index (κ1) is 36.9. The van der Waals surface area contributed by atoms with E-state index in [9.17, 15) is 71.9 Å². The molecule has 2 heterocycles. The van der Waals surface area contributed by atoms with E-state index < -0.39 is 115 Å². The van der Waals surface area contributed by atoms with Gasteiger partial charge in [0, 0.05) is 0 Å². The van der Waals surface area contributed by atoms with E-state index in [2.05, 4.69) is 9.47 Å². The van der Waals surface area contributed by atoms with Crippen molar-refractivity contribution in [1.29, 1.82) is 0 Å². The second kappa shape index (κ2) is 11.8. The Morgan fingerprint density at radius 3 is 0.906 bits per heavy atom. The third-order valence-corrected chi connectivity index (χ3v) is 8.67. The predicted molar refractivity (Wildman–Crippen MR) is 151 cm³/mol. The van der Waals surface area contributed by atoms with E-state index in [1.54, 1.807) is 0 Å². The highest BCUT2D eigenvalue weighted by molar-refractivity contribution is 6.15. The molecule has 276 valence electrons. The van der Waals surface area contributed by atoms with Crippen molar-refractivity contribution in [3.63, 3.8) is 0 Å². The van der Waals surface area contributed by atoms with E-state index in [0.29, 0.717) is 72.8 Å². The minimum Gasteiger partial charge on any atom is -0.457 e. The fraction of sp³-hybridized carbons (Fsp3) is 0.176. The summed E-state index contributed by atoms with van der Waals surface area (Å²) in [5.41, 5.74) is -18.3. The maximum Gasteiger partial charge on any atom is 0.411 e. The molecule has 0 aliphatic carbocycles. The fourth-order valence-electron chi connectivity index (χ4n) is 6.28. The van der Waals surface area contributed by atoms with Crippen molar-refractivity contribution in [2.24, 2.45) is 0 Å². The van der Waals surface area contributed by atoms with Crippen LogP contribution in [0.5, 0.6) is 11.5 Å². The zero-order chi connectivity index (χ0) is 39.1. The summed E-state index contributed by atoms with van der Waals surface area (Å²) in [6.07, 6.45) is -24.5. The normalized spacial score (nSPS) is 15.2.